The third kappa shape index (κ3) is 1.41. The van der Waals surface area contributed by atoms with Crippen molar-refractivity contribution in [1.29, 1.82) is 0 Å². The Labute approximate surface area is 77.2 Å². The maximum absolute atomic E-state index is 11.2. The molecule has 1 aliphatic rings. The molecule has 1 aromatic rings. The molecule has 1 N–H and O–H groups in total. The van der Waals surface area contributed by atoms with Crippen molar-refractivity contribution in [1.82, 2.24) is 10.3 Å². The molecule has 1 aliphatic heterocycles. The predicted octanol–water partition coefficient (Wildman–Crippen LogP) is 0.931. The lowest BCUT2D eigenvalue weighted by atomic mass is 9.91. The van der Waals surface area contributed by atoms with E-state index in [0.29, 0.717) is 5.92 Å². The molecule has 0 aliphatic carbocycles. The van der Waals surface area contributed by atoms with E-state index < -0.39 is 0 Å². The van der Waals surface area contributed by atoms with Gasteiger partial charge in [0.1, 0.15) is 0 Å². The van der Waals surface area contributed by atoms with Gasteiger partial charge in [0, 0.05) is 30.8 Å². The summed E-state index contributed by atoms with van der Waals surface area (Å²) < 4.78 is 0. The zero-order chi connectivity index (χ0) is 9.26. The summed E-state index contributed by atoms with van der Waals surface area (Å²) in [6.45, 7) is 2.70. The summed E-state index contributed by atoms with van der Waals surface area (Å²) in [5.74, 6) is 0.513. The van der Waals surface area contributed by atoms with Gasteiger partial charge >= 0.3 is 0 Å². The van der Waals surface area contributed by atoms with Crippen LogP contribution < -0.4 is 5.32 Å². The molecule has 3 nitrogen and oxygen atoms in total. The van der Waals surface area contributed by atoms with Gasteiger partial charge in [0.25, 0.3) is 0 Å². The molecular weight excluding hydrogens is 164 g/mol. The van der Waals surface area contributed by atoms with Crippen LogP contribution in [0.2, 0.25) is 0 Å². The van der Waals surface area contributed by atoms with Crippen LogP contribution in [0.15, 0.2) is 24.5 Å². The first-order chi connectivity index (χ1) is 6.29. The van der Waals surface area contributed by atoms with Crippen LogP contribution in [-0.2, 0) is 4.79 Å². The zero-order valence-corrected chi connectivity index (χ0v) is 7.53. The molecule has 1 fully saturated rings. The van der Waals surface area contributed by atoms with E-state index in [-0.39, 0.29) is 11.8 Å². The van der Waals surface area contributed by atoms with E-state index in [0.717, 1.165) is 12.1 Å². The fourth-order valence-electron chi connectivity index (χ4n) is 1.73. The minimum Gasteiger partial charge on any atom is -0.355 e. The highest BCUT2D eigenvalue weighted by Crippen LogP contribution is 2.27. The van der Waals surface area contributed by atoms with E-state index in [2.05, 4.69) is 10.3 Å². The summed E-state index contributed by atoms with van der Waals surface area (Å²) in [6, 6.07) is 3.93. The maximum Gasteiger partial charge on any atom is 0.223 e. The van der Waals surface area contributed by atoms with Crippen molar-refractivity contribution in [2.24, 2.45) is 5.92 Å². The molecule has 2 unspecified atom stereocenters. The van der Waals surface area contributed by atoms with E-state index in [9.17, 15) is 4.79 Å². The van der Waals surface area contributed by atoms with E-state index in [4.69, 9.17) is 0 Å². The molecule has 2 rings (SSSR count). The third-order valence-corrected chi connectivity index (χ3v) is 2.63. The largest absolute Gasteiger partial charge is 0.355 e. The monoisotopic (exact) mass is 176 g/mol. The number of amides is 1. The number of hydrogen-bond acceptors (Lipinski definition) is 2. The Bertz CT molecular complexity index is 310. The van der Waals surface area contributed by atoms with Gasteiger partial charge in [-0.05, 0) is 11.6 Å². The molecule has 1 amide bonds. The SMILES string of the molecule is CC1C(=O)NCC1c1cccnc1. The molecule has 3 heteroatoms. The molecule has 0 aromatic carbocycles. The predicted molar refractivity (Wildman–Crippen MR) is 49.2 cm³/mol. The van der Waals surface area contributed by atoms with Gasteiger partial charge in [-0.2, -0.15) is 0 Å². The Morgan fingerprint density at radius 1 is 1.62 bits per heavy atom. The smallest absolute Gasteiger partial charge is 0.223 e. The fraction of sp³-hybridized carbons (Fsp3) is 0.400. The summed E-state index contributed by atoms with van der Waals surface area (Å²) in [5.41, 5.74) is 1.15. The Kier molecular flexibility index (Phi) is 2.00. The first kappa shape index (κ1) is 8.23. The lowest BCUT2D eigenvalue weighted by Gasteiger charge is -2.11. The highest BCUT2D eigenvalue weighted by atomic mass is 16.2. The normalized spacial score (nSPS) is 27.3. The quantitative estimate of drug-likeness (QED) is 0.691. The lowest BCUT2D eigenvalue weighted by Crippen LogP contribution is -2.16. The lowest BCUT2D eigenvalue weighted by molar-refractivity contribution is -0.122. The summed E-state index contributed by atoms with van der Waals surface area (Å²) in [7, 11) is 0. The van der Waals surface area contributed by atoms with Crippen LogP contribution in [0.25, 0.3) is 0 Å². The maximum atomic E-state index is 11.2. The van der Waals surface area contributed by atoms with Crippen molar-refractivity contribution in [3.8, 4) is 0 Å². The minimum absolute atomic E-state index is 0.0733. The molecule has 2 atom stereocenters. The summed E-state index contributed by atoms with van der Waals surface area (Å²) in [4.78, 5) is 15.3. The van der Waals surface area contributed by atoms with Crippen LogP contribution >= 0.6 is 0 Å². The molecule has 2 heterocycles. The highest BCUT2D eigenvalue weighted by Gasteiger charge is 2.31. The van der Waals surface area contributed by atoms with Crippen LogP contribution in [0, 0.1) is 5.92 Å². The van der Waals surface area contributed by atoms with Gasteiger partial charge in [0.05, 0.1) is 0 Å². The second-order valence-corrected chi connectivity index (χ2v) is 3.43. The highest BCUT2D eigenvalue weighted by molar-refractivity contribution is 5.81. The fourth-order valence-corrected chi connectivity index (χ4v) is 1.73. The van der Waals surface area contributed by atoms with E-state index in [1.165, 1.54) is 0 Å². The topological polar surface area (TPSA) is 42.0 Å². The summed E-state index contributed by atoms with van der Waals surface area (Å²) >= 11 is 0. The number of carbonyl (C=O) groups is 1. The number of pyridine rings is 1. The van der Waals surface area contributed by atoms with Crippen LogP contribution in [-0.4, -0.2) is 17.4 Å². The third-order valence-electron chi connectivity index (χ3n) is 2.63. The van der Waals surface area contributed by atoms with Gasteiger partial charge in [-0.15, -0.1) is 0 Å². The van der Waals surface area contributed by atoms with Crippen molar-refractivity contribution >= 4 is 5.91 Å². The van der Waals surface area contributed by atoms with Crippen LogP contribution in [0.4, 0.5) is 0 Å². The van der Waals surface area contributed by atoms with Gasteiger partial charge < -0.3 is 5.32 Å². The molecule has 68 valence electrons. The number of aromatic nitrogens is 1. The second-order valence-electron chi connectivity index (χ2n) is 3.43. The van der Waals surface area contributed by atoms with E-state index in [1.54, 1.807) is 6.20 Å². The van der Waals surface area contributed by atoms with Crippen molar-refractivity contribution in [2.75, 3.05) is 6.54 Å². The van der Waals surface area contributed by atoms with Crippen molar-refractivity contribution in [3.63, 3.8) is 0 Å². The molecule has 13 heavy (non-hydrogen) atoms. The number of hydrogen-bond donors (Lipinski definition) is 1. The molecule has 0 radical (unpaired) electrons. The van der Waals surface area contributed by atoms with Crippen LogP contribution in [0.5, 0.6) is 0 Å². The van der Waals surface area contributed by atoms with Gasteiger partial charge in [-0.3, -0.25) is 9.78 Å². The minimum atomic E-state index is 0.0733. The number of nitrogens with zero attached hydrogens (tertiary/aromatic N) is 1. The molecule has 1 saturated heterocycles. The molecule has 1 aromatic heterocycles. The van der Waals surface area contributed by atoms with Crippen molar-refractivity contribution in [3.05, 3.63) is 30.1 Å². The average molecular weight is 176 g/mol. The van der Waals surface area contributed by atoms with Crippen molar-refractivity contribution in [2.45, 2.75) is 12.8 Å². The van der Waals surface area contributed by atoms with Crippen LogP contribution in [0.1, 0.15) is 18.4 Å². The molecule has 0 spiro atoms. The second kappa shape index (κ2) is 3.17. The zero-order valence-electron chi connectivity index (χ0n) is 7.53. The first-order valence-electron chi connectivity index (χ1n) is 4.46. The Morgan fingerprint density at radius 2 is 2.46 bits per heavy atom. The number of nitrogens with one attached hydrogen (secondary N) is 1. The molecule has 0 saturated carbocycles. The van der Waals surface area contributed by atoms with Gasteiger partial charge in [-0.1, -0.05) is 13.0 Å². The Morgan fingerprint density at radius 3 is 3.00 bits per heavy atom. The summed E-state index contributed by atoms with van der Waals surface area (Å²) in [6.07, 6.45) is 3.58. The number of rotatable bonds is 1. The van der Waals surface area contributed by atoms with Crippen LogP contribution in [0.3, 0.4) is 0 Å². The Balaban J connectivity index is 2.24. The molecule has 0 bridgehead atoms. The Hall–Kier alpha value is -1.38. The van der Waals surface area contributed by atoms with Gasteiger partial charge in [-0.25, -0.2) is 0 Å². The molecular formula is C10H12N2O. The van der Waals surface area contributed by atoms with E-state index >= 15 is 0 Å². The first-order valence-corrected chi connectivity index (χ1v) is 4.46. The standard InChI is InChI=1S/C10H12N2O/c1-7-9(6-12-10(7)13)8-3-2-4-11-5-8/h2-5,7,9H,6H2,1H3,(H,12,13). The van der Waals surface area contributed by atoms with Gasteiger partial charge in [0.15, 0.2) is 0 Å². The van der Waals surface area contributed by atoms with Gasteiger partial charge in [0.2, 0.25) is 5.91 Å². The summed E-state index contributed by atoms with van der Waals surface area (Å²) in [5, 5.41) is 2.85. The number of carbonyl (C=O) groups excluding carboxylic acids is 1. The van der Waals surface area contributed by atoms with Crippen molar-refractivity contribution < 1.29 is 4.79 Å². The average Bonchev–Trinajstić information content (AvgIpc) is 2.49. The van der Waals surface area contributed by atoms with E-state index in [1.807, 2.05) is 25.3 Å².